The Morgan fingerprint density at radius 1 is 1.11 bits per heavy atom. The Hall–Kier alpha value is -0.940. The molecule has 0 amide bonds. The van der Waals surface area contributed by atoms with E-state index in [0.29, 0.717) is 17.2 Å². The molecule has 0 aliphatic carbocycles. The number of benzene rings is 1. The number of methoxy groups -OCH3 is 2. The first-order valence-corrected chi connectivity index (χ1v) is 6.73. The fraction of sp³-hybridized carbons (Fsp3) is 0.538. The molecule has 1 fully saturated rings. The molecule has 1 aliphatic rings. The third-order valence-electron chi connectivity index (χ3n) is 2.83. The van der Waals surface area contributed by atoms with Crippen molar-refractivity contribution in [3.8, 4) is 17.2 Å². The van der Waals surface area contributed by atoms with Crippen LogP contribution >= 0.6 is 15.9 Å². The van der Waals surface area contributed by atoms with Gasteiger partial charge in [0.1, 0.15) is 5.75 Å². The second kappa shape index (κ2) is 6.29. The van der Waals surface area contributed by atoms with E-state index in [1.54, 1.807) is 20.3 Å². The van der Waals surface area contributed by atoms with Crippen LogP contribution in [-0.4, -0.2) is 27.1 Å². The third kappa shape index (κ3) is 3.09. The SMILES string of the molecule is COc1cc(Br)c(OC2CCCCO2)cc1OC. The minimum atomic E-state index is -0.173. The molecule has 5 heteroatoms. The maximum atomic E-state index is 5.82. The topological polar surface area (TPSA) is 36.9 Å². The first kappa shape index (κ1) is 13.5. The Labute approximate surface area is 115 Å². The summed E-state index contributed by atoms with van der Waals surface area (Å²) >= 11 is 3.46. The van der Waals surface area contributed by atoms with Gasteiger partial charge in [0.25, 0.3) is 0 Å². The summed E-state index contributed by atoms with van der Waals surface area (Å²) in [5.41, 5.74) is 0. The Morgan fingerprint density at radius 2 is 1.83 bits per heavy atom. The van der Waals surface area contributed by atoms with Gasteiger partial charge in [0.2, 0.25) is 0 Å². The molecule has 1 aliphatic heterocycles. The lowest BCUT2D eigenvalue weighted by Crippen LogP contribution is -2.25. The van der Waals surface area contributed by atoms with Gasteiger partial charge in [-0.15, -0.1) is 0 Å². The summed E-state index contributed by atoms with van der Waals surface area (Å²) < 4.78 is 22.7. The summed E-state index contributed by atoms with van der Waals surface area (Å²) in [6, 6.07) is 3.64. The van der Waals surface area contributed by atoms with Gasteiger partial charge < -0.3 is 18.9 Å². The standard InChI is InChI=1S/C13H17BrO4/c1-15-11-7-9(14)10(8-12(11)16-2)18-13-5-3-4-6-17-13/h7-8,13H,3-6H2,1-2H3. The molecule has 0 spiro atoms. The number of rotatable bonds is 4. The molecule has 1 saturated heterocycles. The van der Waals surface area contributed by atoms with E-state index in [-0.39, 0.29) is 6.29 Å². The molecule has 1 unspecified atom stereocenters. The van der Waals surface area contributed by atoms with E-state index in [2.05, 4.69) is 15.9 Å². The van der Waals surface area contributed by atoms with Crippen molar-refractivity contribution in [2.45, 2.75) is 25.6 Å². The molecule has 0 bridgehead atoms. The van der Waals surface area contributed by atoms with Crippen molar-refractivity contribution in [1.82, 2.24) is 0 Å². The first-order valence-electron chi connectivity index (χ1n) is 5.94. The molecule has 0 saturated carbocycles. The van der Waals surface area contributed by atoms with E-state index < -0.39 is 0 Å². The number of hydrogen-bond donors (Lipinski definition) is 0. The molecule has 4 nitrogen and oxygen atoms in total. The minimum Gasteiger partial charge on any atom is -0.493 e. The Bertz CT molecular complexity index is 402. The Morgan fingerprint density at radius 3 is 2.44 bits per heavy atom. The van der Waals surface area contributed by atoms with Crippen LogP contribution in [-0.2, 0) is 4.74 Å². The van der Waals surface area contributed by atoms with Crippen molar-refractivity contribution < 1.29 is 18.9 Å². The second-order valence-corrected chi connectivity index (χ2v) is 4.91. The van der Waals surface area contributed by atoms with Gasteiger partial charge in [-0.1, -0.05) is 0 Å². The second-order valence-electron chi connectivity index (χ2n) is 4.05. The van der Waals surface area contributed by atoms with Gasteiger partial charge >= 0.3 is 0 Å². The van der Waals surface area contributed by atoms with E-state index in [9.17, 15) is 0 Å². The van der Waals surface area contributed by atoms with Gasteiger partial charge in [-0.3, -0.25) is 0 Å². The smallest absolute Gasteiger partial charge is 0.199 e. The van der Waals surface area contributed by atoms with Gasteiger partial charge in [0.15, 0.2) is 17.8 Å². The van der Waals surface area contributed by atoms with Crippen LogP contribution in [0.1, 0.15) is 19.3 Å². The molecule has 100 valence electrons. The summed E-state index contributed by atoms with van der Waals surface area (Å²) in [5, 5.41) is 0. The van der Waals surface area contributed by atoms with Crippen LogP contribution < -0.4 is 14.2 Å². The molecule has 0 N–H and O–H groups in total. The number of ether oxygens (including phenoxy) is 4. The molecular weight excluding hydrogens is 300 g/mol. The van der Waals surface area contributed by atoms with E-state index in [4.69, 9.17) is 18.9 Å². The zero-order valence-electron chi connectivity index (χ0n) is 10.6. The molecule has 1 aromatic carbocycles. The largest absolute Gasteiger partial charge is 0.493 e. The highest BCUT2D eigenvalue weighted by molar-refractivity contribution is 9.10. The zero-order valence-corrected chi connectivity index (χ0v) is 12.2. The van der Waals surface area contributed by atoms with Crippen LogP contribution in [0.5, 0.6) is 17.2 Å². The van der Waals surface area contributed by atoms with E-state index >= 15 is 0 Å². The summed E-state index contributed by atoms with van der Waals surface area (Å²) in [7, 11) is 3.21. The maximum absolute atomic E-state index is 5.82. The highest BCUT2D eigenvalue weighted by atomic mass is 79.9. The van der Waals surface area contributed by atoms with Crippen LogP contribution in [0.4, 0.5) is 0 Å². The zero-order chi connectivity index (χ0) is 13.0. The normalized spacial score (nSPS) is 19.4. The lowest BCUT2D eigenvalue weighted by molar-refractivity contribution is -0.106. The highest BCUT2D eigenvalue weighted by Gasteiger charge is 2.18. The van der Waals surface area contributed by atoms with Gasteiger partial charge in [0, 0.05) is 18.6 Å². The lowest BCUT2D eigenvalue weighted by atomic mass is 10.2. The fourth-order valence-electron chi connectivity index (χ4n) is 1.87. The predicted molar refractivity (Wildman–Crippen MR) is 71.5 cm³/mol. The van der Waals surface area contributed by atoms with Gasteiger partial charge in [-0.2, -0.15) is 0 Å². The third-order valence-corrected chi connectivity index (χ3v) is 3.45. The van der Waals surface area contributed by atoms with E-state index in [1.165, 1.54) is 0 Å². The maximum Gasteiger partial charge on any atom is 0.199 e. The number of halogens is 1. The van der Waals surface area contributed by atoms with E-state index in [1.807, 2.05) is 6.07 Å². The van der Waals surface area contributed by atoms with Gasteiger partial charge in [-0.05, 0) is 28.8 Å². The average molecular weight is 317 g/mol. The Balaban J connectivity index is 2.16. The summed E-state index contributed by atoms with van der Waals surface area (Å²) in [6.07, 6.45) is 2.98. The van der Waals surface area contributed by atoms with Crippen molar-refractivity contribution in [3.63, 3.8) is 0 Å². The molecule has 1 atom stereocenters. The van der Waals surface area contributed by atoms with Crippen LogP contribution in [0.15, 0.2) is 16.6 Å². The van der Waals surface area contributed by atoms with Crippen LogP contribution in [0.3, 0.4) is 0 Å². The summed E-state index contributed by atoms with van der Waals surface area (Å²) in [5.74, 6) is 2.02. The molecule has 0 radical (unpaired) electrons. The minimum absolute atomic E-state index is 0.173. The van der Waals surface area contributed by atoms with Crippen LogP contribution in [0, 0.1) is 0 Å². The average Bonchev–Trinajstić information content (AvgIpc) is 2.41. The van der Waals surface area contributed by atoms with Crippen molar-refractivity contribution in [3.05, 3.63) is 16.6 Å². The fourth-order valence-corrected chi connectivity index (χ4v) is 2.29. The molecule has 18 heavy (non-hydrogen) atoms. The molecule has 1 aromatic rings. The van der Waals surface area contributed by atoms with Crippen molar-refractivity contribution in [1.29, 1.82) is 0 Å². The molecular formula is C13H17BrO4. The van der Waals surface area contributed by atoms with E-state index in [0.717, 1.165) is 30.3 Å². The van der Waals surface area contributed by atoms with Crippen LogP contribution in [0.25, 0.3) is 0 Å². The predicted octanol–water partition coefficient (Wildman–Crippen LogP) is 3.37. The first-order chi connectivity index (χ1) is 8.74. The number of hydrogen-bond acceptors (Lipinski definition) is 4. The van der Waals surface area contributed by atoms with Crippen molar-refractivity contribution in [2.75, 3.05) is 20.8 Å². The monoisotopic (exact) mass is 316 g/mol. The summed E-state index contributed by atoms with van der Waals surface area (Å²) in [4.78, 5) is 0. The molecule has 1 heterocycles. The quantitative estimate of drug-likeness (QED) is 0.853. The van der Waals surface area contributed by atoms with Gasteiger partial charge in [-0.25, -0.2) is 0 Å². The van der Waals surface area contributed by atoms with Crippen LogP contribution in [0.2, 0.25) is 0 Å². The highest BCUT2D eigenvalue weighted by Crippen LogP contribution is 2.38. The van der Waals surface area contributed by atoms with Crippen molar-refractivity contribution >= 4 is 15.9 Å². The molecule has 0 aromatic heterocycles. The summed E-state index contributed by atoms with van der Waals surface area (Å²) in [6.45, 7) is 0.759. The van der Waals surface area contributed by atoms with Crippen molar-refractivity contribution in [2.24, 2.45) is 0 Å². The Kier molecular flexibility index (Phi) is 4.72. The molecule has 2 rings (SSSR count). The van der Waals surface area contributed by atoms with Gasteiger partial charge in [0.05, 0.1) is 25.3 Å². The lowest BCUT2D eigenvalue weighted by Gasteiger charge is -2.24.